The van der Waals surface area contributed by atoms with Crippen LogP contribution in [0.15, 0.2) is 30.3 Å². The fraction of sp³-hybridized carbons (Fsp3) is 0.459. The van der Waals surface area contributed by atoms with Gasteiger partial charge in [-0.05, 0) is 92.6 Å². The van der Waals surface area contributed by atoms with Crippen molar-refractivity contribution in [2.24, 2.45) is 0 Å². The molecule has 3 heterocycles. The number of carbonyl (C=O) groups excluding carboxylic acids is 1. The number of alkyl halides is 3. The third-order valence-electron chi connectivity index (χ3n) is 9.24. The number of piperazine rings is 1. The summed E-state index contributed by atoms with van der Waals surface area (Å²) in [7, 11) is 1.40. The van der Waals surface area contributed by atoms with Gasteiger partial charge >= 0.3 is 24.2 Å². The molecule has 2 aliphatic heterocycles. The Morgan fingerprint density at radius 3 is 2.35 bits per heavy atom. The smallest absolute Gasteiger partial charge is 0.422 e. The molecule has 1 amide bonds. The number of halogens is 5. The molecule has 0 unspecified atom stereocenters. The molecule has 0 aliphatic carbocycles. The Morgan fingerprint density at radius 1 is 1.02 bits per heavy atom. The van der Waals surface area contributed by atoms with Crippen LogP contribution in [0.3, 0.4) is 0 Å². The standard InChI is InChI=1S/C37H40F5N5O7/c1-36(2,3)54-35(50)47-20-9-10-21(47)16-46(15-20)33-25-14-27(43)30(31(39)32(25)44-34(45-33)52-17-37(40,41)42)24-13-22(53-18-51-4)12-19-8-11-26(38)23(29(19)24)6-5-7-28(48)49/h8,11-14,20-21H,5-7,9-10,15-18,43H2,1-4H3,(H,48,49)/t20-,21+. The fourth-order valence-corrected chi connectivity index (χ4v) is 7.18. The molecule has 3 aromatic carbocycles. The average Bonchev–Trinajstić information content (AvgIpc) is 3.35. The molecular formula is C37H40F5N5O7. The molecule has 2 aliphatic rings. The summed E-state index contributed by atoms with van der Waals surface area (Å²) < 4.78 is 94.1. The maximum Gasteiger partial charge on any atom is 0.422 e. The normalized spacial score (nSPS) is 17.4. The molecule has 54 heavy (non-hydrogen) atoms. The monoisotopic (exact) mass is 761 g/mol. The van der Waals surface area contributed by atoms with E-state index in [0.29, 0.717) is 18.2 Å². The molecule has 6 rings (SSSR count). The number of ether oxygens (including phenoxy) is 4. The zero-order valence-corrected chi connectivity index (χ0v) is 30.1. The molecule has 2 fully saturated rings. The molecule has 2 atom stereocenters. The van der Waals surface area contributed by atoms with Crippen LogP contribution in [0.2, 0.25) is 0 Å². The summed E-state index contributed by atoms with van der Waals surface area (Å²) in [4.78, 5) is 36.2. The predicted octanol–water partition coefficient (Wildman–Crippen LogP) is 7.23. The minimum Gasteiger partial charge on any atom is -0.481 e. The number of anilines is 2. The Labute approximate surface area is 306 Å². The molecule has 2 bridgehead atoms. The lowest BCUT2D eigenvalue weighted by molar-refractivity contribution is -0.154. The third kappa shape index (κ3) is 8.15. The number of nitrogen functional groups attached to an aromatic ring is 1. The van der Waals surface area contributed by atoms with Crippen molar-refractivity contribution in [2.45, 2.75) is 76.7 Å². The highest BCUT2D eigenvalue weighted by molar-refractivity contribution is 6.06. The molecule has 4 aromatic rings. The lowest BCUT2D eigenvalue weighted by Crippen LogP contribution is -2.57. The molecule has 3 N–H and O–H groups in total. The molecule has 290 valence electrons. The third-order valence-corrected chi connectivity index (χ3v) is 9.24. The van der Waals surface area contributed by atoms with Gasteiger partial charge in [0.1, 0.15) is 28.5 Å². The first-order chi connectivity index (χ1) is 25.4. The molecule has 0 saturated carbocycles. The first-order valence-electron chi connectivity index (χ1n) is 17.3. The van der Waals surface area contributed by atoms with E-state index in [9.17, 15) is 27.9 Å². The van der Waals surface area contributed by atoms with E-state index in [1.165, 1.54) is 31.4 Å². The number of carbonyl (C=O) groups is 2. The van der Waals surface area contributed by atoms with E-state index in [0.717, 1.165) is 0 Å². The van der Waals surface area contributed by atoms with E-state index >= 15 is 8.78 Å². The number of hydrogen-bond acceptors (Lipinski definition) is 10. The summed E-state index contributed by atoms with van der Waals surface area (Å²) in [6, 6.07) is 5.67. The number of rotatable bonds is 11. The number of aliphatic carboxylic acids is 1. The predicted molar refractivity (Wildman–Crippen MR) is 189 cm³/mol. The first-order valence-corrected chi connectivity index (χ1v) is 17.3. The molecule has 17 heteroatoms. The second-order valence-corrected chi connectivity index (χ2v) is 14.4. The Kier molecular flexibility index (Phi) is 10.6. The highest BCUT2D eigenvalue weighted by atomic mass is 19.4. The number of nitrogens with two attached hydrogens (primary N) is 1. The van der Waals surface area contributed by atoms with Gasteiger partial charge in [-0.2, -0.15) is 23.1 Å². The number of aryl methyl sites for hydroxylation is 1. The van der Waals surface area contributed by atoms with Gasteiger partial charge in [-0.3, -0.25) is 9.69 Å². The van der Waals surface area contributed by atoms with Crippen molar-refractivity contribution in [3.8, 4) is 22.9 Å². The quantitative estimate of drug-likeness (QED) is 0.0906. The zero-order valence-electron chi connectivity index (χ0n) is 30.1. The number of nitrogens with zero attached hydrogens (tertiary/aromatic N) is 4. The van der Waals surface area contributed by atoms with Crippen LogP contribution in [0, 0.1) is 11.6 Å². The van der Waals surface area contributed by atoms with Gasteiger partial charge < -0.3 is 34.7 Å². The second-order valence-electron chi connectivity index (χ2n) is 14.4. The Balaban J connectivity index is 1.52. The number of benzene rings is 3. The van der Waals surface area contributed by atoms with E-state index in [4.69, 9.17) is 24.7 Å². The van der Waals surface area contributed by atoms with E-state index in [2.05, 4.69) is 9.97 Å². The van der Waals surface area contributed by atoms with Crippen molar-refractivity contribution in [3.63, 3.8) is 0 Å². The van der Waals surface area contributed by atoms with Gasteiger partial charge in [0.2, 0.25) is 0 Å². The molecule has 0 radical (unpaired) electrons. The maximum absolute atomic E-state index is 17.2. The van der Waals surface area contributed by atoms with Crippen LogP contribution >= 0.6 is 0 Å². The number of methoxy groups -OCH3 is 1. The number of hydrogen-bond donors (Lipinski definition) is 2. The highest BCUT2D eigenvalue weighted by Crippen LogP contribution is 2.44. The van der Waals surface area contributed by atoms with Crippen molar-refractivity contribution >= 4 is 45.2 Å². The molecule has 12 nitrogen and oxygen atoms in total. The van der Waals surface area contributed by atoms with E-state index < -0.39 is 53.6 Å². The topological polar surface area (TPSA) is 150 Å². The summed E-state index contributed by atoms with van der Waals surface area (Å²) in [5, 5.41) is 9.95. The van der Waals surface area contributed by atoms with Crippen LogP contribution in [0.25, 0.3) is 32.8 Å². The average molecular weight is 762 g/mol. The van der Waals surface area contributed by atoms with Crippen molar-refractivity contribution in [1.82, 2.24) is 14.9 Å². The van der Waals surface area contributed by atoms with Crippen LogP contribution < -0.4 is 20.1 Å². The van der Waals surface area contributed by atoms with Gasteiger partial charge in [-0.25, -0.2) is 13.6 Å². The van der Waals surface area contributed by atoms with Crippen molar-refractivity contribution in [2.75, 3.05) is 44.2 Å². The van der Waals surface area contributed by atoms with Gasteiger partial charge in [-0.15, -0.1) is 0 Å². The number of fused-ring (bicyclic) bond motifs is 4. The summed E-state index contributed by atoms with van der Waals surface area (Å²) in [6.07, 6.45) is -4.19. The lowest BCUT2D eigenvalue weighted by Gasteiger charge is -2.42. The number of aromatic nitrogens is 2. The largest absolute Gasteiger partial charge is 0.481 e. The van der Waals surface area contributed by atoms with E-state index in [1.54, 1.807) is 36.6 Å². The fourth-order valence-electron chi connectivity index (χ4n) is 7.18. The maximum atomic E-state index is 17.2. The van der Waals surface area contributed by atoms with Gasteiger partial charge in [0.15, 0.2) is 19.2 Å². The summed E-state index contributed by atoms with van der Waals surface area (Å²) >= 11 is 0. The first kappa shape index (κ1) is 38.5. The number of carboxylic acid groups (broad SMARTS) is 1. The lowest BCUT2D eigenvalue weighted by atomic mass is 9.90. The Hall–Kier alpha value is -5.19. The minimum atomic E-state index is -4.76. The van der Waals surface area contributed by atoms with Crippen molar-refractivity contribution in [1.29, 1.82) is 0 Å². The second kappa shape index (κ2) is 14.9. The van der Waals surface area contributed by atoms with Crippen molar-refractivity contribution < 1.29 is 55.6 Å². The Morgan fingerprint density at radius 2 is 1.72 bits per heavy atom. The summed E-state index contributed by atoms with van der Waals surface area (Å²) in [5.74, 6) is -2.53. The minimum absolute atomic E-state index is 0.0186. The van der Waals surface area contributed by atoms with Crippen LogP contribution in [0.5, 0.6) is 11.8 Å². The summed E-state index contributed by atoms with van der Waals surface area (Å²) in [5.41, 5.74) is 5.28. The van der Waals surface area contributed by atoms with Crippen LogP contribution in [-0.4, -0.2) is 89.5 Å². The van der Waals surface area contributed by atoms with Crippen LogP contribution in [0.4, 0.5) is 38.3 Å². The summed E-state index contributed by atoms with van der Waals surface area (Å²) in [6.45, 7) is 3.74. The van der Waals surface area contributed by atoms with Gasteiger partial charge in [0, 0.05) is 43.3 Å². The highest BCUT2D eigenvalue weighted by Gasteiger charge is 2.45. The molecule has 0 spiro atoms. The van der Waals surface area contributed by atoms with Crippen LogP contribution in [0.1, 0.15) is 52.0 Å². The molecular weight excluding hydrogens is 721 g/mol. The number of carboxylic acids is 1. The van der Waals surface area contributed by atoms with Gasteiger partial charge in [0.05, 0.1) is 12.1 Å². The van der Waals surface area contributed by atoms with Gasteiger partial charge in [0.25, 0.3) is 0 Å². The number of amides is 1. The van der Waals surface area contributed by atoms with Gasteiger partial charge in [-0.1, -0.05) is 6.07 Å². The SMILES string of the molecule is COCOc1cc(-c2c(N)cc3c(N4C[C@H]5CC[C@@H](C4)N5C(=O)OC(C)(C)C)nc(OCC(F)(F)F)nc3c2F)c2c(CCCC(=O)O)c(F)ccc2c1. The van der Waals surface area contributed by atoms with E-state index in [1.807, 2.05) is 0 Å². The van der Waals surface area contributed by atoms with Crippen LogP contribution in [-0.2, 0) is 20.7 Å². The molecule has 2 saturated heterocycles. The zero-order chi connectivity index (χ0) is 39.1. The Bertz CT molecular complexity index is 2080. The van der Waals surface area contributed by atoms with E-state index in [-0.39, 0.29) is 95.9 Å². The molecule has 1 aromatic heterocycles. The van der Waals surface area contributed by atoms with Crippen molar-refractivity contribution in [3.05, 3.63) is 47.5 Å².